The van der Waals surface area contributed by atoms with Gasteiger partial charge in [-0.25, -0.2) is 18.6 Å². The molecule has 0 spiro atoms. The molecule has 1 aliphatic rings. The van der Waals surface area contributed by atoms with Crippen molar-refractivity contribution in [2.24, 2.45) is 0 Å². The fourth-order valence-electron chi connectivity index (χ4n) is 3.21. The number of rotatable bonds is 5. The molecule has 148 valence electrons. The van der Waals surface area contributed by atoms with Crippen LogP contribution in [0.1, 0.15) is 39.8 Å². The van der Waals surface area contributed by atoms with Gasteiger partial charge in [-0.1, -0.05) is 6.92 Å². The molecule has 1 aliphatic heterocycles. The Bertz CT molecular complexity index is 1120. The van der Waals surface area contributed by atoms with Gasteiger partial charge in [-0.2, -0.15) is 0 Å². The van der Waals surface area contributed by atoms with E-state index in [9.17, 15) is 18.0 Å². The number of aromatic amines is 1. The molecule has 2 aromatic rings. The molecule has 0 saturated heterocycles. The van der Waals surface area contributed by atoms with Crippen LogP contribution >= 0.6 is 0 Å². The quantitative estimate of drug-likeness (QED) is 0.292. The smallest absolute Gasteiger partial charge is 0.276 e. The Labute approximate surface area is 161 Å². The number of carbonyl (C=O) groups excluding carboxylic acids is 2. The molecule has 0 bridgehead atoms. The maximum absolute atomic E-state index is 12.4. The van der Waals surface area contributed by atoms with Crippen LogP contribution in [0, 0.1) is 13.8 Å². The molecule has 0 atom stereocenters. The normalized spacial score (nSPS) is 14.9. The van der Waals surface area contributed by atoms with Crippen molar-refractivity contribution in [3.05, 3.63) is 46.3 Å². The van der Waals surface area contributed by atoms with E-state index in [1.165, 1.54) is 18.2 Å². The molecule has 0 fully saturated rings. The highest BCUT2D eigenvalue weighted by atomic mass is 32.2. The molecule has 3 rings (SSSR count). The van der Waals surface area contributed by atoms with Crippen molar-refractivity contribution >= 4 is 39.2 Å². The summed E-state index contributed by atoms with van der Waals surface area (Å²) in [5, 5.41) is 11.6. The van der Waals surface area contributed by atoms with Gasteiger partial charge in [0.2, 0.25) is 10.0 Å². The first-order valence-corrected chi connectivity index (χ1v) is 9.98. The van der Waals surface area contributed by atoms with E-state index in [1.54, 1.807) is 32.3 Å². The predicted molar refractivity (Wildman–Crippen MR) is 103 cm³/mol. The third-order valence-electron chi connectivity index (χ3n) is 4.51. The molecule has 1 aromatic heterocycles. The lowest BCUT2D eigenvalue weighted by Crippen LogP contribution is -2.23. The number of anilines is 1. The Balaban J connectivity index is 2.11. The van der Waals surface area contributed by atoms with Gasteiger partial charge in [0, 0.05) is 29.2 Å². The summed E-state index contributed by atoms with van der Waals surface area (Å²) < 4.78 is 27.0. The van der Waals surface area contributed by atoms with Crippen molar-refractivity contribution in [1.29, 1.82) is 0 Å². The topological polar surface area (TPSA) is 140 Å². The second-order valence-electron chi connectivity index (χ2n) is 6.33. The zero-order valence-electron chi connectivity index (χ0n) is 15.5. The summed E-state index contributed by atoms with van der Waals surface area (Å²) in [7, 11) is -3.68. The number of aromatic nitrogens is 1. The van der Waals surface area contributed by atoms with Crippen LogP contribution in [0.2, 0.25) is 0 Å². The molecule has 2 heterocycles. The van der Waals surface area contributed by atoms with E-state index in [4.69, 9.17) is 5.21 Å². The first-order chi connectivity index (χ1) is 13.2. The van der Waals surface area contributed by atoms with Crippen LogP contribution in [0.25, 0.3) is 11.6 Å². The maximum Gasteiger partial charge on any atom is 0.276 e. The average molecular weight is 404 g/mol. The summed E-state index contributed by atoms with van der Waals surface area (Å²) in [6.45, 7) is 5.28. The van der Waals surface area contributed by atoms with Gasteiger partial charge in [-0.05, 0) is 43.7 Å². The highest BCUT2D eigenvalue weighted by Crippen LogP contribution is 2.35. The zero-order valence-corrected chi connectivity index (χ0v) is 16.3. The number of hydrogen-bond acceptors (Lipinski definition) is 5. The van der Waals surface area contributed by atoms with Crippen LogP contribution in [0.5, 0.6) is 0 Å². The lowest BCUT2D eigenvalue weighted by atomic mass is 10.0. The highest BCUT2D eigenvalue weighted by Gasteiger charge is 2.27. The number of H-pyrrole nitrogens is 1. The van der Waals surface area contributed by atoms with Crippen LogP contribution < -0.4 is 15.5 Å². The minimum atomic E-state index is -3.68. The van der Waals surface area contributed by atoms with E-state index in [0.29, 0.717) is 28.2 Å². The molecule has 28 heavy (non-hydrogen) atoms. The minimum absolute atomic E-state index is 0.0511. The van der Waals surface area contributed by atoms with Gasteiger partial charge in [0.1, 0.15) is 0 Å². The summed E-state index contributed by atoms with van der Waals surface area (Å²) in [6.07, 6.45) is 1.56. The lowest BCUT2D eigenvalue weighted by Gasteiger charge is -2.06. The van der Waals surface area contributed by atoms with Crippen LogP contribution in [0.4, 0.5) is 5.69 Å². The van der Waals surface area contributed by atoms with E-state index in [-0.39, 0.29) is 28.5 Å². The fourth-order valence-corrected chi connectivity index (χ4v) is 4.28. The number of nitrogens with one attached hydrogen (secondary N) is 4. The average Bonchev–Trinajstić information content (AvgIpc) is 3.10. The maximum atomic E-state index is 12.4. The number of benzene rings is 1. The third kappa shape index (κ3) is 3.33. The largest absolute Gasteiger partial charge is 0.358 e. The van der Waals surface area contributed by atoms with Crippen LogP contribution in [-0.4, -0.2) is 37.0 Å². The number of fused-ring (bicyclic) bond motifs is 1. The monoisotopic (exact) mass is 404 g/mol. The van der Waals surface area contributed by atoms with Crippen molar-refractivity contribution in [1.82, 2.24) is 15.2 Å². The van der Waals surface area contributed by atoms with Crippen LogP contribution in [0.15, 0.2) is 23.1 Å². The minimum Gasteiger partial charge on any atom is -0.358 e. The molecule has 0 unspecified atom stereocenters. The SMILES string of the molecule is CCNS(=O)(=O)c1ccc2c(c1)/C(=C\c1[nH]c(C)c(C(=O)NO)c1C)C(=O)N2. The molecule has 9 nitrogen and oxygen atoms in total. The Morgan fingerprint density at radius 1 is 1.29 bits per heavy atom. The summed E-state index contributed by atoms with van der Waals surface area (Å²) >= 11 is 0. The van der Waals surface area contributed by atoms with Gasteiger partial charge in [0.05, 0.1) is 16.0 Å². The molecule has 0 saturated carbocycles. The molecule has 5 N–H and O–H groups in total. The first-order valence-electron chi connectivity index (χ1n) is 8.50. The van der Waals surface area contributed by atoms with Crippen LogP contribution in [-0.2, 0) is 14.8 Å². The number of sulfonamides is 1. The molecular weight excluding hydrogens is 384 g/mol. The van der Waals surface area contributed by atoms with E-state index < -0.39 is 15.9 Å². The molecule has 10 heteroatoms. The number of hydroxylamine groups is 1. The van der Waals surface area contributed by atoms with Gasteiger partial charge in [0.25, 0.3) is 11.8 Å². The predicted octanol–water partition coefficient (Wildman–Crippen LogP) is 1.54. The Hall–Kier alpha value is -2.95. The molecule has 0 aliphatic carbocycles. The van der Waals surface area contributed by atoms with Gasteiger partial charge >= 0.3 is 0 Å². The Morgan fingerprint density at radius 3 is 2.64 bits per heavy atom. The van der Waals surface area contributed by atoms with Gasteiger partial charge in [-0.15, -0.1) is 0 Å². The standard InChI is InChI=1S/C18H20N4O5S/c1-4-19-28(26,27)11-5-6-14-12(7-11)13(17(23)21-14)8-15-9(2)16(10(3)20-15)18(24)22-25/h5-8,19-20,25H,4H2,1-3H3,(H,21,23)(H,22,24)/b13-8+. The molecule has 2 amide bonds. The number of hydrogen-bond donors (Lipinski definition) is 5. The van der Waals surface area contributed by atoms with Gasteiger partial charge in [0.15, 0.2) is 0 Å². The highest BCUT2D eigenvalue weighted by molar-refractivity contribution is 7.89. The van der Waals surface area contributed by atoms with Gasteiger partial charge < -0.3 is 10.3 Å². The second-order valence-corrected chi connectivity index (χ2v) is 8.09. The van der Waals surface area contributed by atoms with Crippen molar-refractivity contribution < 1.29 is 23.2 Å². The zero-order chi connectivity index (χ0) is 20.6. The molecule has 0 radical (unpaired) electrons. The van der Waals surface area contributed by atoms with Crippen molar-refractivity contribution in [2.75, 3.05) is 11.9 Å². The lowest BCUT2D eigenvalue weighted by molar-refractivity contribution is -0.110. The van der Waals surface area contributed by atoms with E-state index >= 15 is 0 Å². The number of amides is 2. The molecular formula is C18H20N4O5S. The van der Waals surface area contributed by atoms with Crippen molar-refractivity contribution in [3.8, 4) is 0 Å². The molecule has 1 aromatic carbocycles. The summed E-state index contributed by atoms with van der Waals surface area (Å²) in [5.74, 6) is -1.04. The number of carbonyl (C=O) groups is 2. The van der Waals surface area contributed by atoms with Crippen molar-refractivity contribution in [3.63, 3.8) is 0 Å². The second kappa shape index (κ2) is 7.23. The van der Waals surface area contributed by atoms with E-state index in [0.717, 1.165) is 0 Å². The summed E-state index contributed by atoms with van der Waals surface area (Å²) in [6, 6.07) is 4.40. The van der Waals surface area contributed by atoms with Gasteiger partial charge in [-0.3, -0.25) is 14.8 Å². The summed E-state index contributed by atoms with van der Waals surface area (Å²) in [5.41, 5.74) is 4.67. The van der Waals surface area contributed by atoms with Crippen molar-refractivity contribution in [2.45, 2.75) is 25.7 Å². The van der Waals surface area contributed by atoms with E-state index in [1.807, 2.05) is 0 Å². The number of aryl methyl sites for hydroxylation is 1. The Morgan fingerprint density at radius 2 is 2.00 bits per heavy atom. The first kappa shape index (κ1) is 19.8. The summed E-state index contributed by atoms with van der Waals surface area (Å²) in [4.78, 5) is 27.3. The Kier molecular flexibility index (Phi) is 5.11. The third-order valence-corrected chi connectivity index (χ3v) is 6.06. The fraction of sp³-hybridized carbons (Fsp3) is 0.222. The van der Waals surface area contributed by atoms with E-state index in [2.05, 4.69) is 15.0 Å². The van der Waals surface area contributed by atoms with Crippen LogP contribution in [0.3, 0.4) is 0 Å².